The summed E-state index contributed by atoms with van der Waals surface area (Å²) >= 11 is 8.99. The molecule has 112 valence electrons. The zero-order valence-electron chi connectivity index (χ0n) is 11.1. The number of aromatic nitrogens is 1. The molecule has 2 rings (SSSR count). The van der Waals surface area contributed by atoms with Crippen molar-refractivity contribution in [2.45, 2.75) is 18.2 Å². The van der Waals surface area contributed by atoms with Crippen LogP contribution in [0.4, 0.5) is 11.4 Å². The Morgan fingerprint density at radius 3 is 2.71 bits per heavy atom. The predicted molar refractivity (Wildman–Crippen MR) is 88.0 cm³/mol. The molecule has 0 amide bonds. The highest BCUT2D eigenvalue weighted by Crippen LogP contribution is 2.26. The molecule has 0 aliphatic rings. The van der Waals surface area contributed by atoms with Crippen molar-refractivity contribution in [3.63, 3.8) is 0 Å². The molecular weight excluding hydrogens is 378 g/mol. The Morgan fingerprint density at radius 1 is 1.38 bits per heavy atom. The topological polar surface area (TPSA) is 85.1 Å². The van der Waals surface area contributed by atoms with Crippen molar-refractivity contribution in [1.29, 1.82) is 0 Å². The summed E-state index contributed by atoms with van der Waals surface area (Å²) in [5.41, 5.74) is 7.09. The number of halogens is 2. The van der Waals surface area contributed by atoms with Gasteiger partial charge in [-0.3, -0.25) is 4.72 Å². The van der Waals surface area contributed by atoms with E-state index in [1.54, 1.807) is 18.2 Å². The number of hydrogen-bond donors (Lipinski definition) is 2. The highest BCUT2D eigenvalue weighted by molar-refractivity contribution is 9.10. The van der Waals surface area contributed by atoms with Crippen LogP contribution in [0.1, 0.15) is 12.5 Å². The molecule has 0 spiro atoms. The quantitative estimate of drug-likeness (QED) is 0.618. The minimum atomic E-state index is -3.74. The fourth-order valence-corrected chi connectivity index (χ4v) is 3.63. The number of pyridine rings is 1. The average Bonchev–Trinajstić information content (AvgIpc) is 2.42. The number of anilines is 2. The molecule has 0 aliphatic heterocycles. The van der Waals surface area contributed by atoms with Crippen molar-refractivity contribution in [1.82, 2.24) is 4.98 Å². The molecule has 0 atom stereocenters. The van der Waals surface area contributed by atoms with Gasteiger partial charge in [-0.25, -0.2) is 13.4 Å². The molecule has 0 saturated carbocycles. The van der Waals surface area contributed by atoms with E-state index in [0.717, 1.165) is 0 Å². The van der Waals surface area contributed by atoms with Gasteiger partial charge in [0, 0.05) is 5.69 Å². The van der Waals surface area contributed by atoms with E-state index in [0.29, 0.717) is 27.8 Å². The normalized spacial score (nSPS) is 11.4. The first-order valence-electron chi connectivity index (χ1n) is 6.05. The van der Waals surface area contributed by atoms with Crippen LogP contribution >= 0.6 is 27.5 Å². The first-order valence-corrected chi connectivity index (χ1v) is 8.71. The van der Waals surface area contributed by atoms with Crippen LogP contribution < -0.4 is 10.5 Å². The van der Waals surface area contributed by atoms with Crippen LogP contribution in [0.3, 0.4) is 0 Å². The Labute approximate surface area is 136 Å². The molecule has 1 aromatic heterocycles. The summed E-state index contributed by atoms with van der Waals surface area (Å²) in [5, 5.41) is 0.260. The lowest BCUT2D eigenvalue weighted by atomic mass is 10.1. The van der Waals surface area contributed by atoms with E-state index in [-0.39, 0.29) is 10.0 Å². The van der Waals surface area contributed by atoms with Crippen LogP contribution in [0.5, 0.6) is 0 Å². The maximum absolute atomic E-state index is 12.5. The third-order valence-corrected chi connectivity index (χ3v) is 5.41. The fraction of sp³-hybridized carbons (Fsp3) is 0.154. The molecule has 0 unspecified atom stereocenters. The Bertz CT molecular complexity index is 781. The maximum atomic E-state index is 12.5. The second-order valence-corrected chi connectivity index (χ2v) is 7.19. The number of hydrogen-bond acceptors (Lipinski definition) is 4. The standard InChI is InChI=1S/C13H13BrClN3O2S/c1-2-8-3-4-9(16)5-12(8)21(19,20)18-10-6-11(14)13(15)17-7-10/h3-7,18H,2,16H2,1H3. The van der Waals surface area contributed by atoms with Crippen molar-refractivity contribution in [3.8, 4) is 0 Å². The van der Waals surface area contributed by atoms with Crippen molar-refractivity contribution in [3.05, 3.63) is 45.7 Å². The van der Waals surface area contributed by atoms with Crippen molar-refractivity contribution >= 4 is 48.9 Å². The lowest BCUT2D eigenvalue weighted by Crippen LogP contribution is -2.15. The van der Waals surface area contributed by atoms with E-state index >= 15 is 0 Å². The molecule has 0 fully saturated rings. The van der Waals surface area contributed by atoms with Crippen LogP contribution in [0.2, 0.25) is 5.15 Å². The van der Waals surface area contributed by atoms with E-state index in [9.17, 15) is 8.42 Å². The molecular formula is C13H13BrClN3O2S. The summed E-state index contributed by atoms with van der Waals surface area (Å²) in [7, 11) is -3.74. The summed E-state index contributed by atoms with van der Waals surface area (Å²) in [6.07, 6.45) is 1.93. The Kier molecular flexibility index (Phi) is 4.75. The summed E-state index contributed by atoms with van der Waals surface area (Å²) in [6, 6.07) is 6.38. The van der Waals surface area contributed by atoms with Gasteiger partial charge < -0.3 is 5.73 Å². The van der Waals surface area contributed by atoms with Crippen molar-refractivity contribution < 1.29 is 8.42 Å². The van der Waals surface area contributed by atoms with Gasteiger partial charge in [0.2, 0.25) is 0 Å². The lowest BCUT2D eigenvalue weighted by Gasteiger charge is -2.12. The number of sulfonamides is 1. The van der Waals surface area contributed by atoms with Crippen molar-refractivity contribution in [2.24, 2.45) is 0 Å². The van der Waals surface area contributed by atoms with Gasteiger partial charge in [0.05, 0.1) is 21.3 Å². The summed E-state index contributed by atoms with van der Waals surface area (Å²) in [6.45, 7) is 1.88. The minimum absolute atomic E-state index is 0.163. The monoisotopic (exact) mass is 389 g/mol. The van der Waals surface area contributed by atoms with E-state index in [4.69, 9.17) is 17.3 Å². The maximum Gasteiger partial charge on any atom is 0.262 e. The lowest BCUT2D eigenvalue weighted by molar-refractivity contribution is 0.600. The van der Waals surface area contributed by atoms with Gasteiger partial charge in [-0.1, -0.05) is 24.6 Å². The van der Waals surface area contributed by atoms with Crippen LogP contribution in [0, 0.1) is 0 Å². The molecule has 21 heavy (non-hydrogen) atoms. The highest BCUT2D eigenvalue weighted by atomic mass is 79.9. The van der Waals surface area contributed by atoms with Crippen molar-refractivity contribution in [2.75, 3.05) is 10.5 Å². The molecule has 0 aliphatic carbocycles. The summed E-state index contributed by atoms with van der Waals surface area (Å²) in [5.74, 6) is 0. The Balaban J connectivity index is 2.42. The second kappa shape index (κ2) is 6.21. The van der Waals surface area contributed by atoms with Gasteiger partial charge in [-0.2, -0.15) is 0 Å². The number of rotatable bonds is 4. The van der Waals surface area contributed by atoms with E-state index in [1.165, 1.54) is 12.3 Å². The minimum Gasteiger partial charge on any atom is -0.399 e. The Hall–Kier alpha value is -1.31. The van der Waals surface area contributed by atoms with Crippen LogP contribution in [-0.4, -0.2) is 13.4 Å². The Morgan fingerprint density at radius 2 is 2.10 bits per heavy atom. The number of nitrogens with one attached hydrogen (secondary N) is 1. The number of nitrogen functional groups attached to an aromatic ring is 1. The molecule has 3 N–H and O–H groups in total. The van der Waals surface area contributed by atoms with E-state index in [2.05, 4.69) is 25.6 Å². The number of nitrogens with zero attached hydrogens (tertiary/aromatic N) is 1. The predicted octanol–water partition coefficient (Wildman–Crippen LogP) is 3.44. The molecule has 0 radical (unpaired) electrons. The largest absolute Gasteiger partial charge is 0.399 e. The zero-order valence-corrected chi connectivity index (χ0v) is 14.3. The first kappa shape index (κ1) is 16.1. The van der Waals surface area contributed by atoms with Gasteiger partial charge in [0.15, 0.2) is 0 Å². The van der Waals surface area contributed by atoms with Crippen LogP contribution in [0.25, 0.3) is 0 Å². The second-order valence-electron chi connectivity index (χ2n) is 4.32. The summed E-state index contributed by atoms with van der Waals surface area (Å²) in [4.78, 5) is 4.05. The first-order chi connectivity index (χ1) is 9.83. The molecule has 2 aromatic rings. The molecule has 0 bridgehead atoms. The smallest absolute Gasteiger partial charge is 0.262 e. The number of nitrogens with two attached hydrogens (primary N) is 1. The molecule has 1 aromatic carbocycles. The van der Waals surface area contributed by atoms with Gasteiger partial charge in [0.1, 0.15) is 5.15 Å². The highest BCUT2D eigenvalue weighted by Gasteiger charge is 2.19. The SMILES string of the molecule is CCc1ccc(N)cc1S(=O)(=O)Nc1cnc(Cl)c(Br)c1. The molecule has 1 heterocycles. The van der Waals surface area contributed by atoms with Crippen LogP contribution in [0.15, 0.2) is 39.8 Å². The zero-order chi connectivity index (χ0) is 15.6. The number of aryl methyl sites for hydroxylation is 1. The fourth-order valence-electron chi connectivity index (χ4n) is 1.80. The number of benzene rings is 1. The van der Waals surface area contributed by atoms with Gasteiger partial charge in [-0.05, 0) is 46.1 Å². The van der Waals surface area contributed by atoms with Gasteiger partial charge in [0.25, 0.3) is 10.0 Å². The summed E-state index contributed by atoms with van der Waals surface area (Å²) < 4.78 is 28.0. The third kappa shape index (κ3) is 3.66. The van der Waals surface area contributed by atoms with E-state index in [1.807, 2.05) is 6.92 Å². The van der Waals surface area contributed by atoms with Gasteiger partial charge in [-0.15, -0.1) is 0 Å². The third-order valence-electron chi connectivity index (χ3n) is 2.81. The van der Waals surface area contributed by atoms with Gasteiger partial charge >= 0.3 is 0 Å². The van der Waals surface area contributed by atoms with Crippen LogP contribution in [-0.2, 0) is 16.4 Å². The average molecular weight is 391 g/mol. The molecule has 0 saturated heterocycles. The molecule has 8 heteroatoms. The molecule has 5 nitrogen and oxygen atoms in total. The van der Waals surface area contributed by atoms with E-state index < -0.39 is 10.0 Å².